The molecule has 128 valence electrons. The summed E-state index contributed by atoms with van der Waals surface area (Å²) in [6.45, 7) is 0.320. The number of rotatable bonds is 7. The van der Waals surface area contributed by atoms with Crippen LogP contribution in [-0.4, -0.2) is 11.8 Å². The molecule has 0 atom stereocenters. The van der Waals surface area contributed by atoms with E-state index in [1.165, 1.54) is 0 Å². The molecule has 0 fully saturated rings. The Morgan fingerprint density at radius 1 is 1.08 bits per heavy atom. The smallest absolute Gasteiger partial charge is 0.238 e. The summed E-state index contributed by atoms with van der Waals surface area (Å²) < 4.78 is 0.993. The number of halogens is 1. The zero-order valence-corrected chi connectivity index (χ0v) is 15.2. The molecule has 0 aliphatic carbocycles. The number of nitriles is 1. The Labute approximate surface area is 155 Å². The van der Waals surface area contributed by atoms with Gasteiger partial charge in [-0.3, -0.25) is 9.59 Å². The van der Waals surface area contributed by atoms with Gasteiger partial charge in [0.05, 0.1) is 6.07 Å². The lowest BCUT2D eigenvalue weighted by molar-refractivity contribution is -0.121. The molecule has 0 aliphatic rings. The topological polar surface area (TPSA) is 82.0 Å². The summed E-state index contributed by atoms with van der Waals surface area (Å²) in [7, 11) is 0. The van der Waals surface area contributed by atoms with Gasteiger partial charge in [-0.05, 0) is 35.7 Å². The Bertz CT molecular complexity index is 799. The lowest BCUT2D eigenvalue weighted by atomic mass is 10.1. The number of para-hydroxylation sites is 1. The number of carbonyl (C=O) groups is 2. The number of aryl methyl sites for hydroxylation is 1. The van der Waals surface area contributed by atoms with Crippen molar-refractivity contribution in [1.29, 1.82) is 5.26 Å². The standard InChI is InChI=1S/C19H18BrN3O2/c20-16-6-3-4-14(12-16)8-9-18(24)22-13-15-5-1-2-7-17(15)23-19(25)10-11-21/h1-7,12H,8-10,13H2,(H,22,24)(H,23,25). The predicted molar refractivity (Wildman–Crippen MR) is 99.6 cm³/mol. The number of hydrogen-bond acceptors (Lipinski definition) is 3. The van der Waals surface area contributed by atoms with Crippen LogP contribution in [0.2, 0.25) is 0 Å². The molecule has 2 amide bonds. The highest BCUT2D eigenvalue weighted by Gasteiger charge is 2.08. The van der Waals surface area contributed by atoms with Gasteiger partial charge >= 0.3 is 0 Å². The van der Waals surface area contributed by atoms with E-state index in [1.54, 1.807) is 12.1 Å². The molecule has 0 aromatic heterocycles. The van der Waals surface area contributed by atoms with Crippen molar-refractivity contribution >= 4 is 33.4 Å². The second kappa shape index (κ2) is 9.60. The molecule has 5 nitrogen and oxygen atoms in total. The first kappa shape index (κ1) is 18.7. The molecule has 6 heteroatoms. The normalized spacial score (nSPS) is 9.92. The van der Waals surface area contributed by atoms with Gasteiger partial charge in [0.15, 0.2) is 0 Å². The monoisotopic (exact) mass is 399 g/mol. The van der Waals surface area contributed by atoms with Crippen molar-refractivity contribution in [2.75, 3.05) is 5.32 Å². The van der Waals surface area contributed by atoms with Gasteiger partial charge in [-0.2, -0.15) is 5.26 Å². The fourth-order valence-corrected chi connectivity index (χ4v) is 2.74. The molecule has 0 saturated carbocycles. The van der Waals surface area contributed by atoms with Crippen molar-refractivity contribution in [3.8, 4) is 6.07 Å². The van der Waals surface area contributed by atoms with Crippen molar-refractivity contribution < 1.29 is 9.59 Å². The van der Waals surface area contributed by atoms with Crippen molar-refractivity contribution in [2.24, 2.45) is 0 Å². The molecule has 2 N–H and O–H groups in total. The number of nitrogens with one attached hydrogen (secondary N) is 2. The second-order valence-electron chi connectivity index (χ2n) is 5.45. The van der Waals surface area contributed by atoms with Crippen molar-refractivity contribution in [1.82, 2.24) is 5.32 Å². The van der Waals surface area contributed by atoms with Gasteiger partial charge in [0.2, 0.25) is 11.8 Å². The Morgan fingerprint density at radius 2 is 1.88 bits per heavy atom. The molecule has 0 aliphatic heterocycles. The quantitative estimate of drug-likeness (QED) is 0.746. The van der Waals surface area contributed by atoms with E-state index in [0.29, 0.717) is 25.1 Å². The average Bonchev–Trinajstić information content (AvgIpc) is 2.59. The molecular weight excluding hydrogens is 382 g/mol. The van der Waals surface area contributed by atoms with E-state index in [9.17, 15) is 9.59 Å². The van der Waals surface area contributed by atoms with Crippen LogP contribution < -0.4 is 10.6 Å². The maximum atomic E-state index is 12.1. The largest absolute Gasteiger partial charge is 0.352 e. The highest BCUT2D eigenvalue weighted by Crippen LogP contribution is 2.16. The van der Waals surface area contributed by atoms with Gasteiger partial charge in [-0.15, -0.1) is 0 Å². The van der Waals surface area contributed by atoms with E-state index in [-0.39, 0.29) is 18.2 Å². The third-order valence-corrected chi connectivity index (χ3v) is 4.03. The Hall–Kier alpha value is -2.65. The molecule has 0 spiro atoms. The van der Waals surface area contributed by atoms with E-state index < -0.39 is 0 Å². The summed E-state index contributed by atoms with van der Waals surface area (Å²) in [5, 5.41) is 14.1. The molecule has 0 heterocycles. The van der Waals surface area contributed by atoms with Gasteiger partial charge in [-0.1, -0.05) is 46.3 Å². The summed E-state index contributed by atoms with van der Waals surface area (Å²) in [6, 6.07) is 16.9. The molecule has 0 radical (unpaired) electrons. The number of carbonyl (C=O) groups excluding carboxylic acids is 2. The van der Waals surface area contributed by atoms with Gasteiger partial charge in [0, 0.05) is 23.1 Å². The molecule has 2 aromatic rings. The number of benzene rings is 2. The van der Waals surface area contributed by atoms with E-state index >= 15 is 0 Å². The summed E-state index contributed by atoms with van der Waals surface area (Å²) in [5.74, 6) is -0.422. The number of anilines is 1. The van der Waals surface area contributed by atoms with E-state index in [1.807, 2.05) is 42.5 Å². The molecule has 25 heavy (non-hydrogen) atoms. The molecule has 0 bridgehead atoms. The average molecular weight is 400 g/mol. The van der Waals surface area contributed by atoms with Gasteiger partial charge < -0.3 is 10.6 Å². The van der Waals surface area contributed by atoms with Crippen LogP contribution in [0, 0.1) is 11.3 Å². The maximum Gasteiger partial charge on any atom is 0.238 e. The van der Waals surface area contributed by atoms with Crippen LogP contribution >= 0.6 is 15.9 Å². The van der Waals surface area contributed by atoms with Crippen LogP contribution in [0.1, 0.15) is 24.0 Å². The number of nitrogens with zero attached hydrogens (tertiary/aromatic N) is 1. The van der Waals surface area contributed by atoms with E-state index in [2.05, 4.69) is 26.6 Å². The Kier molecular flexibility index (Phi) is 7.17. The van der Waals surface area contributed by atoms with Crippen LogP contribution in [-0.2, 0) is 22.6 Å². The van der Waals surface area contributed by atoms with E-state index in [4.69, 9.17) is 5.26 Å². The first-order valence-electron chi connectivity index (χ1n) is 7.84. The first-order chi connectivity index (χ1) is 12.1. The van der Waals surface area contributed by atoms with E-state index in [0.717, 1.165) is 15.6 Å². The van der Waals surface area contributed by atoms with Crippen molar-refractivity contribution in [3.63, 3.8) is 0 Å². The number of hydrogen-bond donors (Lipinski definition) is 2. The SMILES string of the molecule is N#CCC(=O)Nc1ccccc1CNC(=O)CCc1cccc(Br)c1. The summed E-state index contributed by atoms with van der Waals surface area (Å²) in [4.78, 5) is 23.6. The van der Waals surface area contributed by atoms with Gasteiger partial charge in [-0.25, -0.2) is 0 Å². The molecular formula is C19H18BrN3O2. The Balaban J connectivity index is 1.87. The minimum atomic E-state index is -0.365. The molecule has 0 unspecified atom stereocenters. The summed E-state index contributed by atoms with van der Waals surface area (Å²) >= 11 is 3.41. The minimum absolute atomic E-state index is 0.0573. The molecule has 2 aromatic carbocycles. The fraction of sp³-hybridized carbons (Fsp3) is 0.211. The Morgan fingerprint density at radius 3 is 2.64 bits per heavy atom. The highest BCUT2D eigenvalue weighted by atomic mass is 79.9. The summed E-state index contributed by atoms with van der Waals surface area (Å²) in [6.07, 6.45) is 0.846. The van der Waals surface area contributed by atoms with Crippen LogP contribution in [0.4, 0.5) is 5.69 Å². The predicted octanol–water partition coefficient (Wildman–Crippen LogP) is 3.55. The van der Waals surface area contributed by atoms with Gasteiger partial charge in [0.1, 0.15) is 6.42 Å². The molecule has 0 saturated heterocycles. The zero-order chi connectivity index (χ0) is 18.1. The van der Waals surface area contributed by atoms with Crippen molar-refractivity contribution in [3.05, 3.63) is 64.1 Å². The molecule has 2 rings (SSSR count). The number of amides is 2. The third kappa shape index (κ3) is 6.40. The minimum Gasteiger partial charge on any atom is -0.352 e. The van der Waals surface area contributed by atoms with Crippen LogP contribution in [0.5, 0.6) is 0 Å². The van der Waals surface area contributed by atoms with Gasteiger partial charge in [0.25, 0.3) is 0 Å². The van der Waals surface area contributed by atoms with Crippen LogP contribution in [0.15, 0.2) is 53.0 Å². The zero-order valence-electron chi connectivity index (χ0n) is 13.6. The lowest BCUT2D eigenvalue weighted by Crippen LogP contribution is -2.24. The van der Waals surface area contributed by atoms with Crippen LogP contribution in [0.25, 0.3) is 0 Å². The second-order valence-corrected chi connectivity index (χ2v) is 6.36. The fourth-order valence-electron chi connectivity index (χ4n) is 2.30. The third-order valence-electron chi connectivity index (χ3n) is 3.54. The first-order valence-corrected chi connectivity index (χ1v) is 8.63. The van der Waals surface area contributed by atoms with Crippen LogP contribution in [0.3, 0.4) is 0 Å². The lowest BCUT2D eigenvalue weighted by Gasteiger charge is -2.11. The van der Waals surface area contributed by atoms with Crippen molar-refractivity contribution in [2.45, 2.75) is 25.8 Å². The maximum absolute atomic E-state index is 12.1. The highest BCUT2D eigenvalue weighted by molar-refractivity contribution is 9.10. The summed E-state index contributed by atoms with van der Waals surface area (Å²) in [5.41, 5.74) is 2.49.